The van der Waals surface area contributed by atoms with Crippen molar-refractivity contribution in [1.29, 1.82) is 0 Å². The van der Waals surface area contributed by atoms with Crippen LogP contribution in [-0.2, 0) is 28.7 Å². The van der Waals surface area contributed by atoms with Crippen molar-refractivity contribution < 1.29 is 33.8 Å². The highest BCUT2D eigenvalue weighted by atomic mass is 16.6. The van der Waals surface area contributed by atoms with E-state index in [2.05, 4.69) is 5.32 Å². The number of benzene rings is 1. The van der Waals surface area contributed by atoms with Crippen molar-refractivity contribution in [3.63, 3.8) is 0 Å². The van der Waals surface area contributed by atoms with E-state index >= 15 is 0 Å². The van der Waals surface area contributed by atoms with Crippen molar-refractivity contribution in [2.75, 3.05) is 19.7 Å². The van der Waals surface area contributed by atoms with Crippen LogP contribution in [0.25, 0.3) is 0 Å². The first-order chi connectivity index (χ1) is 20.9. The number of esters is 1. The first-order valence-corrected chi connectivity index (χ1v) is 15.7. The van der Waals surface area contributed by atoms with Crippen LogP contribution in [0.15, 0.2) is 54.6 Å². The van der Waals surface area contributed by atoms with Gasteiger partial charge in [0, 0.05) is 18.5 Å². The molecule has 10 heteroatoms. The average Bonchev–Trinajstić information content (AvgIpc) is 3.37. The van der Waals surface area contributed by atoms with Crippen molar-refractivity contribution in [2.24, 2.45) is 17.8 Å². The summed E-state index contributed by atoms with van der Waals surface area (Å²) in [6.07, 6.45) is 6.83. The van der Waals surface area contributed by atoms with Gasteiger partial charge in [0.25, 0.3) is 0 Å². The van der Waals surface area contributed by atoms with E-state index in [4.69, 9.17) is 9.47 Å². The molecule has 8 atom stereocenters. The third-order valence-corrected chi connectivity index (χ3v) is 9.64. The van der Waals surface area contributed by atoms with Gasteiger partial charge in [-0.1, -0.05) is 74.9 Å². The zero-order valence-electron chi connectivity index (χ0n) is 26.3. The highest BCUT2D eigenvalue weighted by molar-refractivity contribution is 5.99. The summed E-state index contributed by atoms with van der Waals surface area (Å²) in [5, 5.41) is 13.5. The number of amides is 3. The lowest BCUT2D eigenvalue weighted by Crippen LogP contribution is -2.61. The molecule has 1 aromatic rings. The molecule has 2 saturated heterocycles. The van der Waals surface area contributed by atoms with Gasteiger partial charge in [-0.3, -0.25) is 19.2 Å². The molecule has 2 N–H and O–H groups in total. The van der Waals surface area contributed by atoms with Gasteiger partial charge in [0.15, 0.2) is 0 Å². The van der Waals surface area contributed by atoms with Crippen LogP contribution in [0.4, 0.5) is 0 Å². The summed E-state index contributed by atoms with van der Waals surface area (Å²) in [5.74, 6) is -3.72. The van der Waals surface area contributed by atoms with Crippen molar-refractivity contribution in [1.82, 2.24) is 15.1 Å². The van der Waals surface area contributed by atoms with Gasteiger partial charge in [-0.15, -0.1) is 0 Å². The van der Waals surface area contributed by atoms with Crippen LogP contribution in [0.5, 0.6) is 0 Å². The number of fused-ring (bicyclic) bond motifs is 2. The van der Waals surface area contributed by atoms with Gasteiger partial charge >= 0.3 is 5.97 Å². The van der Waals surface area contributed by atoms with E-state index in [0.29, 0.717) is 24.9 Å². The highest BCUT2D eigenvalue weighted by Gasteiger charge is 2.73. The number of aliphatic hydroxyl groups excluding tert-OH is 1. The Hall–Kier alpha value is -3.50. The molecule has 0 aliphatic carbocycles. The Balaban J connectivity index is 1.64. The van der Waals surface area contributed by atoms with Gasteiger partial charge in [-0.2, -0.15) is 0 Å². The molecule has 3 amide bonds. The molecule has 4 aliphatic rings. The number of likely N-dealkylation sites (tertiary alicyclic amines) is 1. The number of hydrogen-bond donors (Lipinski definition) is 2. The monoisotopic (exact) mass is 607 g/mol. The minimum absolute atomic E-state index is 0.0780. The van der Waals surface area contributed by atoms with Crippen molar-refractivity contribution in [2.45, 2.75) is 89.3 Å². The number of aliphatic hydroxyl groups is 1. The second kappa shape index (κ2) is 12.5. The molecule has 238 valence electrons. The number of nitrogens with zero attached hydrogens (tertiary/aromatic N) is 2. The van der Waals surface area contributed by atoms with Gasteiger partial charge < -0.3 is 29.7 Å². The van der Waals surface area contributed by atoms with E-state index in [1.165, 1.54) is 4.90 Å². The van der Waals surface area contributed by atoms with E-state index < -0.39 is 59.1 Å². The molecule has 4 aliphatic heterocycles. The Labute approximate surface area is 259 Å². The third-order valence-electron chi connectivity index (χ3n) is 9.64. The number of hydrogen-bond acceptors (Lipinski definition) is 7. The molecule has 0 unspecified atom stereocenters. The van der Waals surface area contributed by atoms with E-state index in [-0.39, 0.29) is 37.3 Å². The summed E-state index contributed by atoms with van der Waals surface area (Å²) in [7, 11) is 0. The van der Waals surface area contributed by atoms with Crippen LogP contribution in [0.3, 0.4) is 0 Å². The summed E-state index contributed by atoms with van der Waals surface area (Å²) in [6.45, 7) is 9.80. The normalized spacial score (nSPS) is 33.2. The van der Waals surface area contributed by atoms with Gasteiger partial charge in [-0.25, -0.2) is 0 Å². The summed E-state index contributed by atoms with van der Waals surface area (Å²) in [5.41, 5.74) is -1.30. The van der Waals surface area contributed by atoms with Gasteiger partial charge in [0.05, 0.1) is 31.2 Å². The molecule has 2 fully saturated rings. The van der Waals surface area contributed by atoms with Crippen molar-refractivity contribution in [3.8, 4) is 0 Å². The lowest BCUT2D eigenvalue weighted by Gasteiger charge is -2.43. The number of nitrogens with one attached hydrogen (secondary N) is 1. The van der Waals surface area contributed by atoms with E-state index in [0.717, 1.165) is 0 Å². The maximum Gasteiger partial charge on any atom is 0.313 e. The maximum atomic E-state index is 14.7. The molecular formula is C34H45N3O7. The summed E-state index contributed by atoms with van der Waals surface area (Å²) in [6, 6.07) is 7.43. The third kappa shape index (κ3) is 5.58. The van der Waals surface area contributed by atoms with Crippen LogP contribution in [0, 0.1) is 17.8 Å². The lowest BCUT2D eigenvalue weighted by atomic mass is 9.77. The lowest BCUT2D eigenvalue weighted by molar-refractivity contribution is -0.161. The fraction of sp³-hybridized carbons (Fsp3) is 0.588. The molecule has 1 spiro atoms. The molecule has 0 radical (unpaired) electrons. The topological polar surface area (TPSA) is 125 Å². The molecule has 0 bridgehead atoms. The number of carbonyl (C=O) groups excluding carboxylic acids is 4. The average molecular weight is 608 g/mol. The zero-order valence-corrected chi connectivity index (χ0v) is 26.3. The van der Waals surface area contributed by atoms with Crippen LogP contribution in [-0.4, -0.2) is 87.6 Å². The molecular weight excluding hydrogens is 562 g/mol. The standard InChI is InChI=1S/C34H45N3O7/c1-6-21(2)23(20-38)37-29-31(41)36(33(3,4)5)18-12-17-34(29)28(30(37)40)27-24(44-34)15-10-11-16-26(39)35-19-25(43-32(27)42)22-13-8-7-9-14-22/h7-10,12-15,17,21,23-25,27-29,38H,6,11,16,18-20H2,1-5H3,(H,35,39)/b15-10-/t21-,23-,24+,25-,27-,28-,29+,34-/m0/s1. The van der Waals surface area contributed by atoms with Gasteiger partial charge in [0.1, 0.15) is 23.7 Å². The van der Waals surface area contributed by atoms with E-state index in [1.807, 2.05) is 71.0 Å². The predicted octanol–water partition coefficient (Wildman–Crippen LogP) is 2.92. The maximum absolute atomic E-state index is 14.7. The number of allylic oxidation sites excluding steroid dienone is 1. The van der Waals surface area contributed by atoms with Gasteiger partial charge in [-0.05, 0) is 38.7 Å². The molecule has 44 heavy (non-hydrogen) atoms. The Morgan fingerprint density at radius 2 is 1.82 bits per heavy atom. The fourth-order valence-electron chi connectivity index (χ4n) is 7.12. The van der Waals surface area contributed by atoms with Crippen LogP contribution >= 0.6 is 0 Å². The molecule has 1 aromatic carbocycles. The number of cyclic esters (lactones) is 1. The number of ether oxygens (including phenoxy) is 2. The molecule has 5 rings (SSSR count). The van der Waals surface area contributed by atoms with Crippen LogP contribution in [0.1, 0.15) is 65.5 Å². The van der Waals surface area contributed by atoms with Crippen LogP contribution < -0.4 is 5.32 Å². The Bertz CT molecular complexity index is 1320. The SMILES string of the molecule is CC[C@H](C)[C@H](CO)N1C(=O)[C@@H]2[C@H]3C(=O)O[C@H](c4ccccc4)CNC(=O)CC/C=C\[C@H]3O[C@@]23C=CCN(C(C)(C)C)C(=O)[C@@H]13. The minimum atomic E-state index is -1.45. The molecule has 0 aromatic heterocycles. The predicted molar refractivity (Wildman–Crippen MR) is 163 cm³/mol. The summed E-state index contributed by atoms with van der Waals surface area (Å²) in [4.78, 5) is 59.3. The Kier molecular flexibility index (Phi) is 9.05. The molecule has 4 heterocycles. The summed E-state index contributed by atoms with van der Waals surface area (Å²) >= 11 is 0. The first kappa shape index (κ1) is 31.9. The first-order valence-electron chi connectivity index (χ1n) is 15.7. The Morgan fingerprint density at radius 3 is 2.48 bits per heavy atom. The Morgan fingerprint density at radius 1 is 1.09 bits per heavy atom. The second-order valence-corrected chi connectivity index (χ2v) is 13.4. The van der Waals surface area contributed by atoms with Crippen molar-refractivity contribution >= 4 is 23.7 Å². The zero-order chi connectivity index (χ0) is 31.8. The van der Waals surface area contributed by atoms with Crippen molar-refractivity contribution in [3.05, 3.63) is 60.2 Å². The largest absolute Gasteiger partial charge is 0.455 e. The second-order valence-electron chi connectivity index (χ2n) is 13.4. The van der Waals surface area contributed by atoms with Crippen LogP contribution in [0.2, 0.25) is 0 Å². The van der Waals surface area contributed by atoms with E-state index in [9.17, 15) is 24.3 Å². The summed E-state index contributed by atoms with van der Waals surface area (Å²) < 4.78 is 12.9. The fourth-order valence-corrected chi connectivity index (χ4v) is 7.12. The molecule has 0 saturated carbocycles. The smallest absolute Gasteiger partial charge is 0.313 e. The number of carbonyl (C=O) groups is 4. The molecule has 10 nitrogen and oxygen atoms in total. The minimum Gasteiger partial charge on any atom is -0.455 e. The number of rotatable bonds is 5. The quantitative estimate of drug-likeness (QED) is 0.390. The van der Waals surface area contributed by atoms with E-state index in [1.54, 1.807) is 23.1 Å². The highest BCUT2D eigenvalue weighted by Crippen LogP contribution is 2.54. The van der Waals surface area contributed by atoms with Gasteiger partial charge in [0.2, 0.25) is 17.7 Å².